The average Bonchev–Trinajstić information content (AvgIpc) is 3.16. The van der Waals surface area contributed by atoms with Crippen LogP contribution in [0.3, 0.4) is 0 Å². The van der Waals surface area contributed by atoms with Crippen LogP contribution in [0.2, 0.25) is 0 Å². The van der Waals surface area contributed by atoms with Crippen molar-refractivity contribution in [1.29, 1.82) is 0 Å². The van der Waals surface area contributed by atoms with Crippen LogP contribution >= 0.6 is 0 Å². The second kappa shape index (κ2) is 8.57. The molecule has 1 unspecified atom stereocenters. The standard InChI is InChI=1S/C25H27N5O2/c1-17-22-25(32)29(16-18-10-4-2-5-11-18)23(24(31)26-19-12-6-3-7-13-19)20-14-8-9-15-21(20)30(22)28-27-17/h2,4-5,8-11,14-15,19,23H,3,6-7,12-13,16H2,1H3,(H,26,31). The minimum Gasteiger partial charge on any atom is -0.351 e. The molecule has 7 nitrogen and oxygen atoms in total. The van der Waals surface area contributed by atoms with Crippen LogP contribution in [0, 0.1) is 6.92 Å². The number of rotatable bonds is 4. The molecule has 1 aliphatic heterocycles. The molecule has 2 heterocycles. The van der Waals surface area contributed by atoms with E-state index in [1.54, 1.807) is 16.5 Å². The summed E-state index contributed by atoms with van der Waals surface area (Å²) in [6.07, 6.45) is 5.43. The van der Waals surface area contributed by atoms with E-state index in [4.69, 9.17) is 0 Å². The van der Waals surface area contributed by atoms with Gasteiger partial charge in [0.1, 0.15) is 6.04 Å². The lowest BCUT2D eigenvalue weighted by molar-refractivity contribution is -0.127. The van der Waals surface area contributed by atoms with Crippen molar-refractivity contribution in [3.63, 3.8) is 0 Å². The number of nitrogens with zero attached hydrogens (tertiary/aromatic N) is 4. The third-order valence-corrected chi connectivity index (χ3v) is 6.47. The largest absolute Gasteiger partial charge is 0.351 e. The van der Waals surface area contributed by atoms with E-state index in [0.29, 0.717) is 17.9 Å². The summed E-state index contributed by atoms with van der Waals surface area (Å²) in [5, 5.41) is 11.7. The normalized spacial score (nSPS) is 18.6. The Morgan fingerprint density at radius 1 is 1.03 bits per heavy atom. The van der Waals surface area contributed by atoms with Crippen molar-refractivity contribution in [3.8, 4) is 5.69 Å². The molecule has 0 saturated heterocycles. The highest BCUT2D eigenvalue weighted by Gasteiger charge is 2.40. The zero-order chi connectivity index (χ0) is 22.1. The smallest absolute Gasteiger partial charge is 0.275 e. The molecule has 2 aromatic carbocycles. The molecular weight excluding hydrogens is 402 g/mol. The molecule has 164 valence electrons. The first-order valence-corrected chi connectivity index (χ1v) is 11.3. The van der Waals surface area contributed by atoms with Gasteiger partial charge in [-0.2, -0.15) is 0 Å². The number of para-hydroxylation sites is 1. The third-order valence-electron chi connectivity index (χ3n) is 6.47. The number of aryl methyl sites for hydroxylation is 1. The number of fused-ring (bicyclic) bond motifs is 3. The highest BCUT2D eigenvalue weighted by atomic mass is 16.2. The summed E-state index contributed by atoms with van der Waals surface area (Å²) < 4.78 is 1.58. The van der Waals surface area contributed by atoms with E-state index in [1.807, 2.05) is 54.6 Å². The fourth-order valence-electron chi connectivity index (χ4n) is 4.86. The molecule has 3 aromatic rings. The fourth-order valence-corrected chi connectivity index (χ4v) is 4.86. The van der Waals surface area contributed by atoms with Crippen molar-refractivity contribution in [2.45, 2.75) is 57.7 Å². The quantitative estimate of drug-likeness (QED) is 0.685. The van der Waals surface area contributed by atoms with Gasteiger partial charge >= 0.3 is 0 Å². The van der Waals surface area contributed by atoms with Crippen molar-refractivity contribution in [1.82, 2.24) is 25.2 Å². The maximum Gasteiger partial charge on any atom is 0.275 e. The monoisotopic (exact) mass is 429 g/mol. The topological polar surface area (TPSA) is 80.1 Å². The molecule has 7 heteroatoms. The Bertz CT molecular complexity index is 1130. The highest BCUT2D eigenvalue weighted by Crippen LogP contribution is 2.34. The predicted octanol–water partition coefficient (Wildman–Crippen LogP) is 3.72. The molecule has 2 aliphatic rings. The number of benzene rings is 2. The predicted molar refractivity (Wildman–Crippen MR) is 120 cm³/mol. The van der Waals surface area contributed by atoms with E-state index < -0.39 is 6.04 Å². The van der Waals surface area contributed by atoms with Crippen molar-refractivity contribution < 1.29 is 9.59 Å². The molecule has 1 N–H and O–H groups in total. The molecule has 0 radical (unpaired) electrons. The van der Waals surface area contributed by atoms with Gasteiger partial charge in [0.2, 0.25) is 5.91 Å². The molecule has 5 rings (SSSR count). The van der Waals surface area contributed by atoms with E-state index in [0.717, 1.165) is 42.5 Å². The van der Waals surface area contributed by atoms with Crippen LogP contribution in [0.1, 0.15) is 65.5 Å². The maximum absolute atomic E-state index is 13.8. The van der Waals surface area contributed by atoms with Crippen LogP contribution in [0.25, 0.3) is 5.69 Å². The van der Waals surface area contributed by atoms with Gasteiger partial charge in [0.05, 0.1) is 11.4 Å². The number of nitrogens with one attached hydrogen (secondary N) is 1. The van der Waals surface area contributed by atoms with Crippen LogP contribution in [0.15, 0.2) is 54.6 Å². The van der Waals surface area contributed by atoms with Crippen molar-refractivity contribution in [3.05, 3.63) is 77.1 Å². The zero-order valence-corrected chi connectivity index (χ0v) is 18.2. The number of aromatic nitrogens is 3. The van der Waals surface area contributed by atoms with Crippen LogP contribution in [-0.2, 0) is 11.3 Å². The van der Waals surface area contributed by atoms with E-state index in [9.17, 15) is 9.59 Å². The number of amides is 2. The van der Waals surface area contributed by atoms with Crippen LogP contribution in [0.5, 0.6) is 0 Å². The minimum atomic E-state index is -0.748. The van der Waals surface area contributed by atoms with Crippen LogP contribution in [0.4, 0.5) is 0 Å². The summed E-state index contributed by atoms with van der Waals surface area (Å²) in [7, 11) is 0. The lowest BCUT2D eigenvalue weighted by Gasteiger charge is -2.32. The molecule has 0 spiro atoms. The Kier molecular flexibility index (Phi) is 5.47. The summed E-state index contributed by atoms with van der Waals surface area (Å²) in [6.45, 7) is 2.10. The number of hydrogen-bond donors (Lipinski definition) is 1. The van der Waals surface area contributed by atoms with Crippen molar-refractivity contribution >= 4 is 11.8 Å². The lowest BCUT2D eigenvalue weighted by atomic mass is 9.94. The van der Waals surface area contributed by atoms with Gasteiger partial charge in [-0.3, -0.25) is 9.59 Å². The van der Waals surface area contributed by atoms with Gasteiger partial charge in [-0.25, -0.2) is 4.68 Å². The van der Waals surface area contributed by atoms with E-state index in [-0.39, 0.29) is 17.9 Å². The van der Waals surface area contributed by atoms with Crippen molar-refractivity contribution in [2.24, 2.45) is 0 Å². The fraction of sp³-hybridized carbons (Fsp3) is 0.360. The Balaban J connectivity index is 1.61. The summed E-state index contributed by atoms with van der Waals surface area (Å²) in [6, 6.07) is 16.8. The van der Waals surface area contributed by atoms with E-state index >= 15 is 0 Å². The van der Waals surface area contributed by atoms with E-state index in [1.165, 1.54) is 6.42 Å². The third kappa shape index (κ3) is 3.68. The van der Waals surface area contributed by atoms with Gasteiger partial charge in [0.15, 0.2) is 5.69 Å². The number of carbonyl (C=O) groups is 2. The van der Waals surface area contributed by atoms with Gasteiger partial charge in [-0.1, -0.05) is 73.0 Å². The van der Waals surface area contributed by atoms with Gasteiger partial charge in [0, 0.05) is 18.2 Å². The van der Waals surface area contributed by atoms with Crippen LogP contribution < -0.4 is 5.32 Å². The average molecular weight is 430 g/mol. The Hall–Kier alpha value is -3.48. The number of hydrogen-bond acceptors (Lipinski definition) is 4. The molecule has 1 fully saturated rings. The molecule has 1 aliphatic carbocycles. The molecule has 0 bridgehead atoms. The Morgan fingerprint density at radius 2 is 1.75 bits per heavy atom. The molecule has 32 heavy (non-hydrogen) atoms. The zero-order valence-electron chi connectivity index (χ0n) is 18.2. The maximum atomic E-state index is 13.8. The van der Waals surface area contributed by atoms with Gasteiger partial charge < -0.3 is 10.2 Å². The molecule has 1 aromatic heterocycles. The van der Waals surface area contributed by atoms with E-state index in [2.05, 4.69) is 15.6 Å². The minimum absolute atomic E-state index is 0.134. The Morgan fingerprint density at radius 3 is 2.53 bits per heavy atom. The summed E-state index contributed by atoms with van der Waals surface area (Å²) >= 11 is 0. The SMILES string of the molecule is Cc1nnn2c1C(=O)N(Cc1ccccc1)C(C(=O)NC1CCCCC1)c1ccccc1-2. The first kappa shape index (κ1) is 20.4. The first-order valence-electron chi connectivity index (χ1n) is 11.3. The summed E-state index contributed by atoms with van der Waals surface area (Å²) in [5.41, 5.74) is 3.40. The first-order chi connectivity index (χ1) is 15.6. The summed E-state index contributed by atoms with van der Waals surface area (Å²) in [5.74, 6) is -0.374. The summed E-state index contributed by atoms with van der Waals surface area (Å²) in [4.78, 5) is 29.2. The van der Waals surface area contributed by atoms with Gasteiger partial charge in [-0.15, -0.1) is 5.10 Å². The lowest BCUT2D eigenvalue weighted by Crippen LogP contribution is -2.46. The molecule has 2 amide bonds. The number of carbonyl (C=O) groups excluding carboxylic acids is 2. The molecule has 1 saturated carbocycles. The second-order valence-electron chi connectivity index (χ2n) is 8.66. The van der Waals surface area contributed by atoms with Gasteiger partial charge in [0.25, 0.3) is 5.91 Å². The second-order valence-corrected chi connectivity index (χ2v) is 8.66. The van der Waals surface area contributed by atoms with Crippen molar-refractivity contribution in [2.75, 3.05) is 0 Å². The van der Waals surface area contributed by atoms with Crippen LogP contribution in [-0.4, -0.2) is 37.7 Å². The van der Waals surface area contributed by atoms with Gasteiger partial charge in [-0.05, 0) is 31.4 Å². The highest BCUT2D eigenvalue weighted by molar-refractivity contribution is 5.99. The Labute approximate surface area is 187 Å². The molecular formula is C25H27N5O2. The molecule has 1 atom stereocenters.